The van der Waals surface area contributed by atoms with Crippen molar-refractivity contribution in [3.8, 4) is 17.6 Å². The van der Waals surface area contributed by atoms with Crippen LogP contribution in [0.15, 0.2) is 60.8 Å². The summed E-state index contributed by atoms with van der Waals surface area (Å²) in [5.74, 6) is 7.84. The Morgan fingerprint density at radius 2 is 2.00 bits per heavy atom. The molecule has 0 amide bonds. The van der Waals surface area contributed by atoms with Crippen molar-refractivity contribution in [3.63, 3.8) is 0 Å². The van der Waals surface area contributed by atoms with Gasteiger partial charge in [0.15, 0.2) is 0 Å². The lowest BCUT2D eigenvalue weighted by atomic mass is 9.81. The molecule has 5 heteroatoms. The summed E-state index contributed by atoms with van der Waals surface area (Å²) in [7, 11) is 1.64. The summed E-state index contributed by atoms with van der Waals surface area (Å²) in [5.41, 5.74) is 2.76. The van der Waals surface area contributed by atoms with E-state index in [1.54, 1.807) is 13.3 Å². The van der Waals surface area contributed by atoms with Crippen LogP contribution in [-0.2, 0) is 0 Å². The fraction of sp³-hybridized carbons (Fsp3) is 0.393. The number of hydrogen-bond acceptors (Lipinski definition) is 5. The van der Waals surface area contributed by atoms with Crippen LogP contribution in [0.25, 0.3) is 10.9 Å². The van der Waals surface area contributed by atoms with Crippen LogP contribution < -0.4 is 4.74 Å². The van der Waals surface area contributed by atoms with Crippen LogP contribution in [0.3, 0.4) is 0 Å². The SMILES string of the molecule is COc1ccc2nccc([C@@H](O)CC[C@@H]3CCN(CC#Cc4ccccc4)C[C@@H]3CO)c2c1. The normalized spacial score (nSPS) is 19.6. The van der Waals surface area contributed by atoms with Gasteiger partial charge in [-0.2, -0.15) is 0 Å². The number of hydrogen-bond donors (Lipinski definition) is 2. The second-order valence-corrected chi connectivity index (χ2v) is 8.77. The molecule has 3 atom stereocenters. The summed E-state index contributed by atoms with van der Waals surface area (Å²) in [5, 5.41) is 21.9. The molecule has 3 aromatic rings. The lowest BCUT2D eigenvalue weighted by Gasteiger charge is -2.37. The van der Waals surface area contributed by atoms with Crippen molar-refractivity contribution in [2.75, 3.05) is 33.4 Å². The van der Waals surface area contributed by atoms with Gasteiger partial charge in [0.2, 0.25) is 0 Å². The van der Waals surface area contributed by atoms with Gasteiger partial charge in [-0.25, -0.2) is 0 Å². The number of rotatable bonds is 7. The van der Waals surface area contributed by atoms with Crippen molar-refractivity contribution in [3.05, 3.63) is 71.9 Å². The molecular weight excluding hydrogens is 412 g/mol. The summed E-state index contributed by atoms with van der Waals surface area (Å²) in [6, 6.07) is 17.7. The van der Waals surface area contributed by atoms with E-state index in [-0.39, 0.29) is 12.5 Å². The quantitative estimate of drug-likeness (QED) is 0.539. The van der Waals surface area contributed by atoms with Gasteiger partial charge in [0.05, 0.1) is 25.3 Å². The molecular formula is C28H32N2O3. The smallest absolute Gasteiger partial charge is 0.119 e. The van der Waals surface area contributed by atoms with Gasteiger partial charge in [0.1, 0.15) is 5.75 Å². The standard InChI is InChI=1S/C28H32N2O3/c1-33-24-10-11-27-26(18-24)25(13-15-29-27)28(32)12-9-22-14-17-30(19-23(22)20-31)16-5-8-21-6-3-2-4-7-21/h2-4,6-7,10-11,13,15,18,22-23,28,31-32H,9,12,14,16-17,19-20H2,1H3/t22-,23-,28+/m1/s1. The molecule has 5 nitrogen and oxygen atoms in total. The Morgan fingerprint density at radius 3 is 2.79 bits per heavy atom. The van der Waals surface area contributed by atoms with E-state index in [2.05, 4.69) is 21.7 Å². The number of nitrogens with zero attached hydrogens (tertiary/aromatic N) is 2. The summed E-state index contributed by atoms with van der Waals surface area (Å²) in [6.45, 7) is 2.69. The molecule has 1 aromatic heterocycles. The molecule has 1 aliphatic heterocycles. The van der Waals surface area contributed by atoms with Crippen molar-refractivity contribution >= 4 is 10.9 Å². The van der Waals surface area contributed by atoms with Gasteiger partial charge in [0, 0.05) is 30.3 Å². The van der Waals surface area contributed by atoms with Crippen molar-refractivity contribution in [1.82, 2.24) is 9.88 Å². The molecule has 4 rings (SSSR count). The monoisotopic (exact) mass is 444 g/mol. The molecule has 0 unspecified atom stereocenters. The van der Waals surface area contributed by atoms with Crippen molar-refractivity contribution in [2.45, 2.75) is 25.4 Å². The minimum atomic E-state index is -0.572. The van der Waals surface area contributed by atoms with Crippen LogP contribution in [-0.4, -0.2) is 53.4 Å². The Kier molecular flexibility index (Phi) is 7.96. The first-order valence-electron chi connectivity index (χ1n) is 11.7. The Balaban J connectivity index is 1.34. The van der Waals surface area contributed by atoms with Crippen molar-refractivity contribution < 1.29 is 14.9 Å². The number of fused-ring (bicyclic) bond motifs is 1. The highest BCUT2D eigenvalue weighted by molar-refractivity contribution is 5.83. The van der Waals surface area contributed by atoms with Crippen LogP contribution in [0.4, 0.5) is 0 Å². The van der Waals surface area contributed by atoms with E-state index in [1.807, 2.05) is 54.6 Å². The fourth-order valence-corrected chi connectivity index (χ4v) is 4.75. The van der Waals surface area contributed by atoms with Gasteiger partial charge in [-0.1, -0.05) is 30.0 Å². The molecule has 1 aliphatic rings. The maximum atomic E-state index is 11.0. The maximum absolute atomic E-state index is 11.0. The number of aromatic nitrogens is 1. The Labute approximate surface area is 196 Å². The predicted octanol–water partition coefficient (Wildman–Crippen LogP) is 4.04. The highest BCUT2D eigenvalue weighted by Crippen LogP contribution is 2.33. The minimum absolute atomic E-state index is 0.165. The number of methoxy groups -OCH3 is 1. The van der Waals surface area contributed by atoms with E-state index < -0.39 is 6.10 Å². The fourth-order valence-electron chi connectivity index (χ4n) is 4.75. The second-order valence-electron chi connectivity index (χ2n) is 8.77. The Hall–Kier alpha value is -2.91. The van der Waals surface area contributed by atoms with Gasteiger partial charge in [-0.3, -0.25) is 9.88 Å². The largest absolute Gasteiger partial charge is 0.497 e. The van der Waals surface area contributed by atoms with E-state index >= 15 is 0 Å². The first-order chi connectivity index (χ1) is 16.2. The number of piperidine rings is 1. The van der Waals surface area contributed by atoms with E-state index in [1.165, 1.54) is 0 Å². The molecule has 2 heterocycles. The molecule has 33 heavy (non-hydrogen) atoms. The van der Waals surface area contributed by atoms with E-state index in [0.29, 0.717) is 18.9 Å². The van der Waals surface area contributed by atoms with Crippen LogP contribution in [0.2, 0.25) is 0 Å². The molecule has 172 valence electrons. The third-order valence-corrected chi connectivity index (χ3v) is 6.67. The van der Waals surface area contributed by atoms with E-state index in [0.717, 1.165) is 53.7 Å². The number of ether oxygens (including phenoxy) is 1. The number of benzene rings is 2. The highest BCUT2D eigenvalue weighted by Gasteiger charge is 2.29. The zero-order chi connectivity index (χ0) is 23.0. The van der Waals surface area contributed by atoms with Crippen LogP contribution in [0, 0.1) is 23.7 Å². The third kappa shape index (κ3) is 5.91. The van der Waals surface area contributed by atoms with E-state index in [9.17, 15) is 10.2 Å². The van der Waals surface area contributed by atoms with Crippen LogP contribution in [0.1, 0.15) is 36.5 Å². The highest BCUT2D eigenvalue weighted by atomic mass is 16.5. The van der Waals surface area contributed by atoms with Gasteiger partial charge >= 0.3 is 0 Å². The Bertz CT molecular complexity index is 1110. The van der Waals surface area contributed by atoms with Gasteiger partial charge in [-0.05, 0) is 79.6 Å². The number of aliphatic hydroxyl groups excluding tert-OH is 2. The third-order valence-electron chi connectivity index (χ3n) is 6.67. The number of likely N-dealkylation sites (tertiary alicyclic amines) is 1. The van der Waals surface area contributed by atoms with E-state index in [4.69, 9.17) is 4.74 Å². The zero-order valence-corrected chi connectivity index (χ0v) is 19.2. The van der Waals surface area contributed by atoms with Crippen molar-refractivity contribution in [2.24, 2.45) is 11.8 Å². The molecule has 1 fully saturated rings. The lowest BCUT2D eigenvalue weighted by Crippen LogP contribution is -2.42. The molecule has 0 saturated carbocycles. The molecule has 0 bridgehead atoms. The second kappa shape index (κ2) is 11.3. The summed E-state index contributed by atoms with van der Waals surface area (Å²) >= 11 is 0. The summed E-state index contributed by atoms with van der Waals surface area (Å²) in [6.07, 6.45) is 3.72. The van der Waals surface area contributed by atoms with Crippen LogP contribution >= 0.6 is 0 Å². The summed E-state index contributed by atoms with van der Waals surface area (Å²) in [4.78, 5) is 6.74. The average Bonchev–Trinajstić information content (AvgIpc) is 2.87. The molecule has 2 aromatic carbocycles. The molecule has 0 radical (unpaired) electrons. The topological polar surface area (TPSA) is 65.8 Å². The first kappa shape index (κ1) is 23.3. The lowest BCUT2D eigenvalue weighted by molar-refractivity contribution is 0.0640. The first-order valence-corrected chi connectivity index (χ1v) is 11.7. The van der Waals surface area contributed by atoms with Gasteiger partial charge in [-0.15, -0.1) is 0 Å². The Morgan fingerprint density at radius 1 is 1.15 bits per heavy atom. The number of pyridine rings is 1. The maximum Gasteiger partial charge on any atom is 0.119 e. The van der Waals surface area contributed by atoms with Gasteiger partial charge in [0.25, 0.3) is 0 Å². The summed E-state index contributed by atoms with van der Waals surface area (Å²) < 4.78 is 5.35. The van der Waals surface area contributed by atoms with Crippen LogP contribution in [0.5, 0.6) is 5.75 Å². The molecule has 0 spiro atoms. The minimum Gasteiger partial charge on any atom is -0.497 e. The molecule has 2 N–H and O–H groups in total. The number of aliphatic hydroxyl groups is 2. The van der Waals surface area contributed by atoms with Gasteiger partial charge < -0.3 is 14.9 Å². The zero-order valence-electron chi connectivity index (χ0n) is 19.2. The van der Waals surface area contributed by atoms with Crippen molar-refractivity contribution in [1.29, 1.82) is 0 Å². The molecule has 0 aliphatic carbocycles. The average molecular weight is 445 g/mol. The molecule has 1 saturated heterocycles. The predicted molar refractivity (Wildman–Crippen MR) is 131 cm³/mol.